The molecule has 0 unspecified atom stereocenters. The van der Waals surface area contributed by atoms with E-state index in [-0.39, 0.29) is 0 Å². The van der Waals surface area contributed by atoms with Gasteiger partial charge in [0.2, 0.25) is 0 Å². The number of nitrogens with one attached hydrogen (secondary N) is 1. The van der Waals surface area contributed by atoms with Crippen molar-refractivity contribution in [2.75, 3.05) is 12.4 Å². The molecule has 0 spiro atoms. The van der Waals surface area contributed by atoms with Crippen molar-refractivity contribution in [1.82, 2.24) is 9.97 Å². The van der Waals surface area contributed by atoms with E-state index >= 15 is 0 Å². The lowest BCUT2D eigenvalue weighted by Crippen LogP contribution is -2.04. The average molecular weight is 264 g/mol. The number of aromatic nitrogens is 2. The van der Waals surface area contributed by atoms with Gasteiger partial charge in [0.25, 0.3) is 0 Å². The molecule has 0 amide bonds. The van der Waals surface area contributed by atoms with Crippen molar-refractivity contribution in [2.24, 2.45) is 0 Å². The Morgan fingerprint density at radius 3 is 2.61 bits per heavy atom. The molecular weight excluding hydrogens is 250 g/mol. The summed E-state index contributed by atoms with van der Waals surface area (Å²) in [6.07, 6.45) is 1.45. The summed E-state index contributed by atoms with van der Waals surface area (Å²) in [7, 11) is 1.65. The van der Waals surface area contributed by atoms with E-state index in [9.17, 15) is 0 Å². The van der Waals surface area contributed by atoms with Gasteiger partial charge in [-0.1, -0.05) is 23.7 Å². The predicted molar refractivity (Wildman–Crippen MR) is 72.1 cm³/mol. The van der Waals surface area contributed by atoms with Crippen molar-refractivity contribution in [3.8, 4) is 5.75 Å². The Kier molecular flexibility index (Phi) is 3.99. The molecule has 0 aliphatic heterocycles. The highest BCUT2D eigenvalue weighted by Gasteiger charge is 2.04. The third kappa shape index (κ3) is 2.90. The van der Waals surface area contributed by atoms with Crippen molar-refractivity contribution >= 4 is 17.4 Å². The summed E-state index contributed by atoms with van der Waals surface area (Å²) >= 11 is 5.93. The van der Waals surface area contributed by atoms with Gasteiger partial charge < -0.3 is 10.1 Å². The summed E-state index contributed by atoms with van der Waals surface area (Å²) in [6.45, 7) is 2.57. The molecule has 0 bridgehead atoms. The number of rotatable bonds is 4. The molecule has 0 fully saturated rings. The van der Waals surface area contributed by atoms with Crippen LogP contribution in [0.5, 0.6) is 5.75 Å². The minimum absolute atomic E-state index is 0.474. The van der Waals surface area contributed by atoms with Crippen LogP contribution in [0, 0.1) is 6.92 Å². The van der Waals surface area contributed by atoms with Gasteiger partial charge in [0.05, 0.1) is 7.11 Å². The molecular formula is C13H14ClN3O. The molecule has 1 aromatic heterocycles. The van der Waals surface area contributed by atoms with Gasteiger partial charge in [-0.2, -0.15) is 0 Å². The standard InChI is InChI=1S/C13H14ClN3O/c1-9-12(14)16-8-17-13(9)15-7-10-3-5-11(18-2)6-4-10/h3-6,8H,7H2,1-2H3,(H,15,16,17). The molecule has 2 rings (SSSR count). The number of hydrogen-bond acceptors (Lipinski definition) is 4. The second-order valence-corrected chi connectivity index (χ2v) is 4.20. The molecule has 1 heterocycles. The molecule has 2 aromatic rings. The lowest BCUT2D eigenvalue weighted by atomic mass is 10.2. The highest BCUT2D eigenvalue weighted by Crippen LogP contribution is 2.19. The van der Waals surface area contributed by atoms with E-state index in [0.29, 0.717) is 11.7 Å². The van der Waals surface area contributed by atoms with Crippen molar-refractivity contribution in [1.29, 1.82) is 0 Å². The normalized spacial score (nSPS) is 10.2. The molecule has 0 atom stereocenters. The summed E-state index contributed by atoms with van der Waals surface area (Å²) in [4.78, 5) is 8.07. The average Bonchev–Trinajstić information content (AvgIpc) is 2.41. The fraction of sp³-hybridized carbons (Fsp3) is 0.231. The largest absolute Gasteiger partial charge is 0.497 e. The monoisotopic (exact) mass is 263 g/mol. The van der Waals surface area contributed by atoms with Crippen LogP contribution in [0.2, 0.25) is 5.15 Å². The molecule has 4 nitrogen and oxygen atoms in total. The van der Waals surface area contributed by atoms with E-state index in [1.807, 2.05) is 31.2 Å². The lowest BCUT2D eigenvalue weighted by Gasteiger charge is -2.09. The number of methoxy groups -OCH3 is 1. The van der Waals surface area contributed by atoms with Gasteiger partial charge in [-0.05, 0) is 24.6 Å². The third-order valence-corrected chi connectivity index (χ3v) is 3.02. The van der Waals surface area contributed by atoms with Crippen molar-refractivity contribution in [2.45, 2.75) is 13.5 Å². The molecule has 0 aliphatic carbocycles. The first-order valence-corrected chi connectivity index (χ1v) is 5.92. The van der Waals surface area contributed by atoms with Crippen LogP contribution >= 0.6 is 11.6 Å². The molecule has 1 N–H and O–H groups in total. The van der Waals surface area contributed by atoms with E-state index in [1.165, 1.54) is 6.33 Å². The van der Waals surface area contributed by atoms with E-state index in [2.05, 4.69) is 15.3 Å². The van der Waals surface area contributed by atoms with Crippen LogP contribution in [0.3, 0.4) is 0 Å². The SMILES string of the molecule is COc1ccc(CNc2ncnc(Cl)c2C)cc1. The van der Waals surface area contributed by atoms with Crippen molar-refractivity contribution in [3.05, 3.63) is 46.9 Å². The number of hydrogen-bond donors (Lipinski definition) is 1. The Bertz CT molecular complexity index is 528. The van der Waals surface area contributed by atoms with Crippen LogP contribution in [-0.2, 0) is 6.54 Å². The first-order chi connectivity index (χ1) is 8.70. The van der Waals surface area contributed by atoms with Gasteiger partial charge in [-0.25, -0.2) is 9.97 Å². The zero-order chi connectivity index (χ0) is 13.0. The van der Waals surface area contributed by atoms with Gasteiger partial charge in [0.1, 0.15) is 23.0 Å². The molecule has 0 radical (unpaired) electrons. The summed E-state index contributed by atoms with van der Waals surface area (Å²) in [5.41, 5.74) is 2.00. The van der Waals surface area contributed by atoms with Gasteiger partial charge in [0, 0.05) is 12.1 Å². The summed E-state index contributed by atoms with van der Waals surface area (Å²) in [6, 6.07) is 7.86. The maximum atomic E-state index is 5.93. The molecule has 0 aliphatic rings. The molecule has 18 heavy (non-hydrogen) atoms. The van der Waals surface area contributed by atoms with Crippen LogP contribution in [-0.4, -0.2) is 17.1 Å². The van der Waals surface area contributed by atoms with Crippen molar-refractivity contribution in [3.63, 3.8) is 0 Å². The third-order valence-electron chi connectivity index (χ3n) is 2.64. The van der Waals surface area contributed by atoms with Crippen LogP contribution in [0.4, 0.5) is 5.82 Å². The molecule has 5 heteroatoms. The number of nitrogens with zero attached hydrogens (tertiary/aromatic N) is 2. The maximum Gasteiger partial charge on any atom is 0.137 e. The second kappa shape index (κ2) is 5.69. The van der Waals surface area contributed by atoms with Gasteiger partial charge in [0.15, 0.2) is 0 Å². The van der Waals surface area contributed by atoms with Crippen molar-refractivity contribution < 1.29 is 4.74 Å². The Morgan fingerprint density at radius 1 is 1.22 bits per heavy atom. The smallest absolute Gasteiger partial charge is 0.137 e. The first kappa shape index (κ1) is 12.6. The predicted octanol–water partition coefficient (Wildman–Crippen LogP) is 3.06. The van der Waals surface area contributed by atoms with Crippen LogP contribution in [0.1, 0.15) is 11.1 Å². The summed E-state index contributed by atoms with van der Waals surface area (Å²) in [5.74, 6) is 1.60. The Labute approximate surface area is 111 Å². The lowest BCUT2D eigenvalue weighted by molar-refractivity contribution is 0.414. The minimum Gasteiger partial charge on any atom is -0.497 e. The second-order valence-electron chi connectivity index (χ2n) is 3.84. The Hall–Kier alpha value is -1.81. The zero-order valence-electron chi connectivity index (χ0n) is 10.3. The Balaban J connectivity index is 2.04. The van der Waals surface area contributed by atoms with Gasteiger partial charge >= 0.3 is 0 Å². The number of benzene rings is 1. The van der Waals surface area contributed by atoms with Gasteiger partial charge in [-0.3, -0.25) is 0 Å². The highest BCUT2D eigenvalue weighted by molar-refractivity contribution is 6.30. The Morgan fingerprint density at radius 2 is 1.94 bits per heavy atom. The van der Waals surface area contributed by atoms with E-state index in [4.69, 9.17) is 16.3 Å². The van der Waals surface area contributed by atoms with Crippen LogP contribution in [0.15, 0.2) is 30.6 Å². The molecule has 94 valence electrons. The topological polar surface area (TPSA) is 47.0 Å². The highest BCUT2D eigenvalue weighted by atomic mass is 35.5. The van der Waals surface area contributed by atoms with Crippen LogP contribution < -0.4 is 10.1 Å². The summed E-state index contributed by atoms with van der Waals surface area (Å²) < 4.78 is 5.11. The maximum absolute atomic E-state index is 5.93. The number of ether oxygens (including phenoxy) is 1. The fourth-order valence-corrected chi connectivity index (χ4v) is 1.67. The fourth-order valence-electron chi connectivity index (χ4n) is 1.54. The van der Waals surface area contributed by atoms with Gasteiger partial charge in [-0.15, -0.1) is 0 Å². The molecule has 0 saturated carbocycles. The zero-order valence-corrected chi connectivity index (χ0v) is 11.0. The summed E-state index contributed by atoms with van der Waals surface area (Å²) in [5, 5.41) is 3.71. The number of halogens is 1. The van der Waals surface area contributed by atoms with Crippen LogP contribution in [0.25, 0.3) is 0 Å². The first-order valence-electron chi connectivity index (χ1n) is 5.54. The number of anilines is 1. The molecule has 0 saturated heterocycles. The minimum atomic E-state index is 0.474. The quantitative estimate of drug-likeness (QED) is 0.862. The van der Waals surface area contributed by atoms with E-state index < -0.39 is 0 Å². The van der Waals surface area contributed by atoms with E-state index in [0.717, 1.165) is 22.7 Å². The molecule has 1 aromatic carbocycles. The van der Waals surface area contributed by atoms with E-state index in [1.54, 1.807) is 7.11 Å².